The van der Waals surface area contributed by atoms with Crippen molar-refractivity contribution in [3.8, 4) is 0 Å². The normalized spacial score (nSPS) is 10.5. The fourth-order valence-corrected chi connectivity index (χ4v) is 1.19. The molecule has 78 valence electrons. The molecule has 5 nitrogen and oxygen atoms in total. The van der Waals surface area contributed by atoms with Gasteiger partial charge in [-0.3, -0.25) is 0 Å². The van der Waals surface area contributed by atoms with E-state index in [2.05, 4.69) is 10.2 Å². The number of hydrogen-bond donors (Lipinski definition) is 0. The lowest BCUT2D eigenvalue weighted by molar-refractivity contribution is 0.140. The number of benzene rings is 1. The second-order valence-electron chi connectivity index (χ2n) is 3.09. The maximum Gasteiger partial charge on any atom is 0.452 e. The van der Waals surface area contributed by atoms with Crippen LogP contribution in [0.25, 0.3) is 11.0 Å². The molecule has 0 aliphatic heterocycles. The Bertz CT molecular complexity index is 445. The van der Waals surface area contributed by atoms with Crippen LogP contribution in [0.15, 0.2) is 24.3 Å². The Morgan fingerprint density at radius 1 is 1.33 bits per heavy atom. The second-order valence-corrected chi connectivity index (χ2v) is 3.09. The monoisotopic (exact) mass is 205 g/mol. The number of nitrogens with zero attached hydrogens (tertiary/aromatic N) is 3. The quantitative estimate of drug-likeness (QED) is 0.750. The van der Waals surface area contributed by atoms with Gasteiger partial charge in [0.15, 0.2) is 0 Å². The summed E-state index contributed by atoms with van der Waals surface area (Å²) >= 11 is 0. The summed E-state index contributed by atoms with van der Waals surface area (Å²) in [7, 11) is 0. The number of carbonyl (C=O) groups is 1. The smallest absolute Gasteiger partial charge is 0.447 e. The molecule has 0 aliphatic rings. The van der Waals surface area contributed by atoms with Crippen LogP contribution in [0, 0.1) is 0 Å². The first kappa shape index (κ1) is 9.64. The minimum atomic E-state index is -0.534. The number of carbonyl (C=O) groups excluding carboxylic acids is 1. The first-order chi connectivity index (χ1) is 7.31. The summed E-state index contributed by atoms with van der Waals surface area (Å²) < 4.78 is 4.91. The topological polar surface area (TPSA) is 57.0 Å². The minimum Gasteiger partial charge on any atom is -0.447 e. The van der Waals surface area contributed by atoms with E-state index in [0.717, 1.165) is 11.2 Å². The molecule has 1 aromatic carbocycles. The van der Waals surface area contributed by atoms with E-state index >= 15 is 0 Å². The molecule has 0 spiro atoms. The van der Waals surface area contributed by atoms with Crippen molar-refractivity contribution in [1.29, 1.82) is 0 Å². The summed E-state index contributed by atoms with van der Waals surface area (Å²) in [6, 6.07) is 7.29. The van der Waals surface area contributed by atoms with Crippen molar-refractivity contribution < 1.29 is 9.53 Å². The summed E-state index contributed by atoms with van der Waals surface area (Å²) in [4.78, 5) is 12.4. The zero-order chi connectivity index (χ0) is 10.7. The van der Waals surface area contributed by atoms with Crippen LogP contribution in [0.2, 0.25) is 0 Å². The summed E-state index contributed by atoms with van der Waals surface area (Å²) in [6.07, 6.45) is 0.250. The molecule has 1 aromatic heterocycles. The molecule has 15 heavy (non-hydrogen) atoms. The number of aromatic nitrogens is 3. The third kappa shape index (κ3) is 1.96. The number of rotatable bonds is 2. The van der Waals surface area contributed by atoms with Crippen LogP contribution in [-0.2, 0) is 4.74 Å². The Hall–Kier alpha value is -1.91. The molecular weight excluding hydrogens is 194 g/mol. The molecule has 0 radical (unpaired) electrons. The molecule has 0 atom stereocenters. The van der Waals surface area contributed by atoms with Gasteiger partial charge in [0, 0.05) is 0 Å². The SMILES string of the molecule is CCCOC(=O)n1nc2ccccc2n1. The van der Waals surface area contributed by atoms with E-state index in [4.69, 9.17) is 4.74 Å². The Labute approximate surface area is 86.6 Å². The lowest BCUT2D eigenvalue weighted by Crippen LogP contribution is -2.16. The zero-order valence-electron chi connectivity index (χ0n) is 8.38. The van der Waals surface area contributed by atoms with Gasteiger partial charge in [0.05, 0.1) is 6.61 Å². The van der Waals surface area contributed by atoms with Crippen LogP contribution in [0.5, 0.6) is 0 Å². The summed E-state index contributed by atoms with van der Waals surface area (Å²) in [5.74, 6) is 0. The molecular formula is C10H11N3O2. The minimum absolute atomic E-state index is 0.386. The number of ether oxygens (including phenoxy) is 1. The van der Waals surface area contributed by atoms with Crippen LogP contribution in [0.3, 0.4) is 0 Å². The lowest BCUT2D eigenvalue weighted by Gasteiger charge is -1.99. The predicted octanol–water partition coefficient (Wildman–Crippen LogP) is 1.83. The van der Waals surface area contributed by atoms with Gasteiger partial charge in [0.1, 0.15) is 11.0 Å². The molecule has 0 unspecified atom stereocenters. The third-order valence-corrected chi connectivity index (χ3v) is 1.88. The molecule has 0 bridgehead atoms. The average Bonchev–Trinajstić information content (AvgIpc) is 2.69. The molecule has 2 aromatic rings. The highest BCUT2D eigenvalue weighted by Gasteiger charge is 2.09. The van der Waals surface area contributed by atoms with E-state index in [1.54, 1.807) is 12.1 Å². The first-order valence-corrected chi connectivity index (χ1v) is 4.80. The third-order valence-electron chi connectivity index (χ3n) is 1.88. The van der Waals surface area contributed by atoms with E-state index in [1.807, 2.05) is 19.1 Å². The maximum atomic E-state index is 11.4. The van der Waals surface area contributed by atoms with Crippen molar-refractivity contribution in [1.82, 2.24) is 15.0 Å². The van der Waals surface area contributed by atoms with Crippen molar-refractivity contribution in [3.63, 3.8) is 0 Å². The second kappa shape index (κ2) is 4.08. The number of fused-ring (bicyclic) bond motifs is 1. The molecule has 0 N–H and O–H groups in total. The standard InChI is InChI=1S/C10H11N3O2/c1-2-7-15-10(14)13-11-8-5-3-4-6-9(8)12-13/h3-6H,2,7H2,1H3. The summed E-state index contributed by atoms with van der Waals surface area (Å²) in [5.41, 5.74) is 1.37. The van der Waals surface area contributed by atoms with Crippen LogP contribution in [0.4, 0.5) is 4.79 Å². The maximum absolute atomic E-state index is 11.4. The number of hydrogen-bond acceptors (Lipinski definition) is 4. The van der Waals surface area contributed by atoms with Gasteiger partial charge in [-0.05, 0) is 18.6 Å². The van der Waals surface area contributed by atoms with Gasteiger partial charge in [-0.2, -0.15) is 0 Å². The Morgan fingerprint density at radius 3 is 2.47 bits per heavy atom. The van der Waals surface area contributed by atoms with E-state index < -0.39 is 6.09 Å². The van der Waals surface area contributed by atoms with E-state index in [0.29, 0.717) is 17.6 Å². The van der Waals surface area contributed by atoms with Crippen molar-refractivity contribution in [2.24, 2.45) is 0 Å². The molecule has 1 heterocycles. The molecule has 5 heteroatoms. The highest BCUT2D eigenvalue weighted by molar-refractivity contribution is 5.77. The lowest BCUT2D eigenvalue weighted by atomic mass is 10.3. The van der Waals surface area contributed by atoms with E-state index in [9.17, 15) is 4.79 Å². The van der Waals surface area contributed by atoms with Crippen LogP contribution in [-0.4, -0.2) is 27.7 Å². The molecule has 2 rings (SSSR count). The van der Waals surface area contributed by atoms with Crippen molar-refractivity contribution in [2.45, 2.75) is 13.3 Å². The predicted molar refractivity (Wildman–Crippen MR) is 54.6 cm³/mol. The molecule has 0 saturated heterocycles. The van der Waals surface area contributed by atoms with E-state index in [-0.39, 0.29) is 0 Å². The van der Waals surface area contributed by atoms with Crippen molar-refractivity contribution >= 4 is 17.1 Å². The molecule has 0 amide bonds. The van der Waals surface area contributed by atoms with Gasteiger partial charge in [0.2, 0.25) is 0 Å². The molecule has 0 saturated carbocycles. The Kier molecular flexibility index (Phi) is 2.62. The van der Waals surface area contributed by atoms with Gasteiger partial charge in [-0.25, -0.2) is 4.79 Å². The fourth-order valence-electron chi connectivity index (χ4n) is 1.19. The van der Waals surface area contributed by atoms with Crippen LogP contribution in [0.1, 0.15) is 13.3 Å². The van der Waals surface area contributed by atoms with Gasteiger partial charge in [-0.1, -0.05) is 23.9 Å². The fraction of sp³-hybridized carbons (Fsp3) is 0.300. The van der Waals surface area contributed by atoms with Crippen LogP contribution < -0.4 is 0 Å². The van der Waals surface area contributed by atoms with Crippen LogP contribution >= 0.6 is 0 Å². The Morgan fingerprint density at radius 2 is 1.93 bits per heavy atom. The zero-order valence-corrected chi connectivity index (χ0v) is 8.38. The highest BCUT2D eigenvalue weighted by atomic mass is 16.6. The van der Waals surface area contributed by atoms with Gasteiger partial charge in [-0.15, -0.1) is 10.2 Å². The first-order valence-electron chi connectivity index (χ1n) is 4.80. The largest absolute Gasteiger partial charge is 0.452 e. The molecule has 0 fully saturated rings. The summed E-state index contributed by atoms with van der Waals surface area (Å²) in [6.45, 7) is 2.32. The highest BCUT2D eigenvalue weighted by Crippen LogP contribution is 2.07. The van der Waals surface area contributed by atoms with Gasteiger partial charge >= 0.3 is 6.09 Å². The summed E-state index contributed by atoms with van der Waals surface area (Å²) in [5, 5.41) is 7.99. The average molecular weight is 205 g/mol. The molecule has 0 aliphatic carbocycles. The van der Waals surface area contributed by atoms with Gasteiger partial charge in [0.25, 0.3) is 0 Å². The van der Waals surface area contributed by atoms with Gasteiger partial charge < -0.3 is 4.74 Å². The van der Waals surface area contributed by atoms with Crippen molar-refractivity contribution in [2.75, 3.05) is 6.61 Å². The van der Waals surface area contributed by atoms with E-state index in [1.165, 1.54) is 0 Å². The Balaban J connectivity index is 2.25. The van der Waals surface area contributed by atoms with Crippen molar-refractivity contribution in [3.05, 3.63) is 24.3 Å².